The summed E-state index contributed by atoms with van der Waals surface area (Å²) in [5.74, 6) is 0.398. The van der Waals surface area contributed by atoms with E-state index in [-0.39, 0.29) is 0 Å². The van der Waals surface area contributed by atoms with Crippen molar-refractivity contribution in [2.75, 3.05) is 46.4 Å². The summed E-state index contributed by atoms with van der Waals surface area (Å²) in [6.07, 6.45) is 1.89. The summed E-state index contributed by atoms with van der Waals surface area (Å²) in [4.78, 5) is 0. The molecule has 7 heteroatoms. The highest BCUT2D eigenvalue weighted by molar-refractivity contribution is 7.86. The van der Waals surface area contributed by atoms with Crippen molar-refractivity contribution in [3.05, 3.63) is 0 Å². The molecule has 2 aliphatic rings. The predicted octanol–water partition coefficient (Wildman–Crippen LogP) is -0.117. The fraction of sp³-hybridized carbons (Fsp3) is 1.00. The van der Waals surface area contributed by atoms with Crippen LogP contribution in [-0.2, 0) is 14.9 Å². The average Bonchev–Trinajstić information content (AvgIpc) is 2.47. The van der Waals surface area contributed by atoms with E-state index in [1.807, 2.05) is 7.05 Å². The topological polar surface area (TPSA) is 61.9 Å². The second-order valence-electron chi connectivity index (χ2n) is 5.23. The van der Waals surface area contributed by atoms with Crippen molar-refractivity contribution in [2.45, 2.75) is 25.8 Å². The third-order valence-corrected chi connectivity index (χ3v) is 6.22. The zero-order chi connectivity index (χ0) is 13.9. The summed E-state index contributed by atoms with van der Waals surface area (Å²) in [6.45, 7) is 5.33. The number of hydrogen-bond donors (Lipinski definition) is 1. The van der Waals surface area contributed by atoms with Crippen LogP contribution in [-0.4, -0.2) is 69.5 Å². The lowest BCUT2D eigenvalue weighted by Crippen LogP contribution is -2.55. The number of piperidine rings is 1. The first-order valence-electron chi connectivity index (χ1n) is 7.09. The fourth-order valence-corrected chi connectivity index (χ4v) is 4.60. The van der Waals surface area contributed by atoms with E-state index in [9.17, 15) is 8.42 Å². The zero-order valence-corrected chi connectivity index (χ0v) is 12.7. The van der Waals surface area contributed by atoms with E-state index in [4.69, 9.17) is 4.74 Å². The Balaban J connectivity index is 2.04. The Hall–Kier alpha value is -0.210. The molecule has 19 heavy (non-hydrogen) atoms. The van der Waals surface area contributed by atoms with Crippen LogP contribution in [0.4, 0.5) is 0 Å². The van der Waals surface area contributed by atoms with Crippen molar-refractivity contribution >= 4 is 10.2 Å². The molecular formula is C12H25N3O3S. The van der Waals surface area contributed by atoms with Crippen molar-refractivity contribution in [3.63, 3.8) is 0 Å². The van der Waals surface area contributed by atoms with E-state index in [0.717, 1.165) is 12.8 Å². The Bertz CT molecular complexity index is 382. The second-order valence-corrected chi connectivity index (χ2v) is 7.16. The molecule has 2 rings (SSSR count). The maximum atomic E-state index is 12.6. The van der Waals surface area contributed by atoms with E-state index in [0.29, 0.717) is 51.4 Å². The smallest absolute Gasteiger partial charge is 0.282 e. The van der Waals surface area contributed by atoms with Crippen molar-refractivity contribution in [2.24, 2.45) is 5.92 Å². The van der Waals surface area contributed by atoms with Crippen molar-refractivity contribution in [1.29, 1.82) is 0 Å². The van der Waals surface area contributed by atoms with E-state index >= 15 is 0 Å². The third-order valence-electron chi connectivity index (χ3n) is 4.21. The molecule has 1 N–H and O–H groups in total. The van der Waals surface area contributed by atoms with Crippen LogP contribution in [0.1, 0.15) is 19.8 Å². The van der Waals surface area contributed by atoms with Gasteiger partial charge in [0.2, 0.25) is 0 Å². The van der Waals surface area contributed by atoms with Crippen LogP contribution >= 0.6 is 0 Å². The van der Waals surface area contributed by atoms with Gasteiger partial charge in [-0.05, 0) is 19.4 Å². The first kappa shape index (κ1) is 15.2. The van der Waals surface area contributed by atoms with Crippen LogP contribution in [0.2, 0.25) is 0 Å². The van der Waals surface area contributed by atoms with E-state index in [2.05, 4.69) is 12.2 Å². The number of nitrogens with zero attached hydrogens (tertiary/aromatic N) is 2. The highest BCUT2D eigenvalue weighted by Gasteiger charge is 2.36. The third kappa shape index (κ3) is 3.28. The summed E-state index contributed by atoms with van der Waals surface area (Å²) in [6, 6.07) is 0.432. The van der Waals surface area contributed by atoms with Crippen molar-refractivity contribution < 1.29 is 13.2 Å². The Kier molecular flexibility index (Phi) is 5.19. The molecule has 0 aliphatic carbocycles. The van der Waals surface area contributed by atoms with Crippen LogP contribution in [0.15, 0.2) is 0 Å². The monoisotopic (exact) mass is 291 g/mol. The molecular weight excluding hydrogens is 266 g/mol. The molecule has 2 atom stereocenters. The van der Waals surface area contributed by atoms with E-state index in [1.54, 1.807) is 8.61 Å². The van der Waals surface area contributed by atoms with Crippen molar-refractivity contribution in [1.82, 2.24) is 13.9 Å². The molecule has 0 saturated carbocycles. The molecule has 0 aromatic rings. The minimum atomic E-state index is -3.30. The average molecular weight is 291 g/mol. The number of ether oxygens (including phenoxy) is 1. The molecule has 2 heterocycles. The molecule has 2 fully saturated rings. The van der Waals surface area contributed by atoms with Crippen LogP contribution in [0.25, 0.3) is 0 Å². The summed E-state index contributed by atoms with van der Waals surface area (Å²) in [7, 11) is -1.34. The molecule has 0 aromatic carbocycles. The van der Waals surface area contributed by atoms with Crippen LogP contribution in [0.5, 0.6) is 0 Å². The summed E-state index contributed by atoms with van der Waals surface area (Å²) in [5.41, 5.74) is 0. The first-order valence-corrected chi connectivity index (χ1v) is 8.49. The van der Waals surface area contributed by atoms with Crippen molar-refractivity contribution in [3.8, 4) is 0 Å². The quantitative estimate of drug-likeness (QED) is 0.785. The Morgan fingerprint density at radius 3 is 2.47 bits per heavy atom. The first-order chi connectivity index (χ1) is 9.09. The van der Waals surface area contributed by atoms with E-state index in [1.165, 1.54) is 0 Å². The molecule has 112 valence electrons. The molecule has 2 saturated heterocycles. The largest absolute Gasteiger partial charge is 0.379 e. The number of nitrogens with one attached hydrogen (secondary N) is 1. The molecule has 2 unspecified atom stereocenters. The van der Waals surface area contributed by atoms with Crippen LogP contribution < -0.4 is 5.32 Å². The van der Waals surface area contributed by atoms with Gasteiger partial charge in [-0.3, -0.25) is 0 Å². The second kappa shape index (κ2) is 6.49. The molecule has 0 aromatic heterocycles. The van der Waals surface area contributed by atoms with Gasteiger partial charge in [0.15, 0.2) is 0 Å². The van der Waals surface area contributed by atoms with Gasteiger partial charge in [-0.1, -0.05) is 13.3 Å². The molecule has 0 bridgehead atoms. The number of morpholine rings is 1. The fourth-order valence-electron chi connectivity index (χ4n) is 2.94. The van der Waals surface area contributed by atoms with Crippen LogP contribution in [0.3, 0.4) is 0 Å². The molecule has 6 nitrogen and oxygen atoms in total. The zero-order valence-electron chi connectivity index (χ0n) is 11.8. The van der Waals surface area contributed by atoms with Gasteiger partial charge in [-0.25, -0.2) is 0 Å². The Labute approximate surface area is 116 Å². The number of hydrogen-bond acceptors (Lipinski definition) is 4. The molecule has 2 aliphatic heterocycles. The van der Waals surface area contributed by atoms with Gasteiger partial charge in [0.25, 0.3) is 10.2 Å². The lowest BCUT2D eigenvalue weighted by atomic mass is 9.91. The van der Waals surface area contributed by atoms with Gasteiger partial charge in [-0.2, -0.15) is 17.0 Å². The van der Waals surface area contributed by atoms with Crippen LogP contribution in [0, 0.1) is 5.92 Å². The number of rotatable bonds is 4. The highest BCUT2D eigenvalue weighted by atomic mass is 32.2. The maximum Gasteiger partial charge on any atom is 0.282 e. The van der Waals surface area contributed by atoms with Gasteiger partial charge >= 0.3 is 0 Å². The highest BCUT2D eigenvalue weighted by Crippen LogP contribution is 2.24. The lowest BCUT2D eigenvalue weighted by Gasteiger charge is -2.40. The minimum absolute atomic E-state index is 0.398. The van der Waals surface area contributed by atoms with Gasteiger partial charge < -0.3 is 10.1 Å². The molecule has 0 radical (unpaired) electrons. The minimum Gasteiger partial charge on any atom is -0.379 e. The Morgan fingerprint density at radius 1 is 1.21 bits per heavy atom. The van der Waals surface area contributed by atoms with Gasteiger partial charge in [0.1, 0.15) is 0 Å². The summed E-state index contributed by atoms with van der Waals surface area (Å²) in [5, 5.41) is 3.30. The predicted molar refractivity (Wildman–Crippen MR) is 74.1 cm³/mol. The summed E-state index contributed by atoms with van der Waals surface area (Å²) >= 11 is 0. The van der Waals surface area contributed by atoms with E-state index < -0.39 is 10.2 Å². The van der Waals surface area contributed by atoms with Gasteiger partial charge in [0.05, 0.1) is 13.2 Å². The van der Waals surface area contributed by atoms with Gasteiger partial charge in [-0.15, -0.1) is 0 Å². The normalized spacial score (nSPS) is 31.5. The maximum absolute atomic E-state index is 12.6. The molecule has 0 spiro atoms. The molecule has 0 amide bonds. The lowest BCUT2D eigenvalue weighted by molar-refractivity contribution is 0.0684. The Morgan fingerprint density at radius 2 is 1.89 bits per heavy atom. The standard InChI is InChI=1S/C12H25N3O3S/c1-3-11-10-15(5-4-12(11)13-2)19(16,17)14-6-8-18-9-7-14/h11-13H,3-10H2,1-2H3. The SMILES string of the molecule is CCC1CN(S(=O)(=O)N2CCOCC2)CCC1NC. The summed E-state index contributed by atoms with van der Waals surface area (Å²) < 4.78 is 33.6. The van der Waals surface area contributed by atoms with Gasteiger partial charge in [0, 0.05) is 32.2 Å².